The number of benzene rings is 5. The van der Waals surface area contributed by atoms with Crippen molar-refractivity contribution in [1.29, 1.82) is 0 Å². The first-order valence-electron chi connectivity index (χ1n) is 13.2. The number of anilines is 1. The van der Waals surface area contributed by atoms with Crippen molar-refractivity contribution in [3.8, 4) is 0 Å². The zero-order chi connectivity index (χ0) is 24.9. The van der Waals surface area contributed by atoms with Gasteiger partial charge >= 0.3 is 0 Å². The zero-order valence-electron chi connectivity index (χ0n) is 21.0. The minimum Gasteiger partial charge on any atom is -0.339 e. The zero-order valence-corrected chi connectivity index (χ0v) is 21.9. The molecule has 2 heteroatoms. The summed E-state index contributed by atoms with van der Waals surface area (Å²) in [5.74, 6) is 0.896. The molecular weight excluding hydrogens is 465 g/mol. The molecule has 0 aromatic heterocycles. The van der Waals surface area contributed by atoms with E-state index in [1.54, 1.807) is 0 Å². The lowest BCUT2D eigenvalue weighted by atomic mass is 9.87. The molecular formula is C35H32NP. The smallest absolute Gasteiger partial charge is 0.0553 e. The molecule has 1 fully saturated rings. The van der Waals surface area contributed by atoms with Crippen LogP contribution in [0.1, 0.15) is 35.8 Å². The Hall–Kier alpha value is -3.67. The Labute approximate surface area is 222 Å². The molecule has 0 saturated heterocycles. The van der Waals surface area contributed by atoms with Gasteiger partial charge in [0.15, 0.2) is 0 Å². The summed E-state index contributed by atoms with van der Waals surface area (Å²) in [6.45, 7) is 0. The Morgan fingerprint density at radius 1 is 0.432 bits per heavy atom. The maximum atomic E-state index is 2.81. The normalized spacial score (nSPS) is 17.6. The van der Waals surface area contributed by atoms with Gasteiger partial charge in [-0.1, -0.05) is 140 Å². The van der Waals surface area contributed by atoms with Gasteiger partial charge in [0.05, 0.1) is 8.07 Å². The molecule has 0 spiro atoms. The highest BCUT2D eigenvalue weighted by Crippen LogP contribution is 2.55. The van der Waals surface area contributed by atoms with Gasteiger partial charge in [0.1, 0.15) is 0 Å². The van der Waals surface area contributed by atoms with Crippen LogP contribution in [0.25, 0.3) is 0 Å². The van der Waals surface area contributed by atoms with Gasteiger partial charge < -0.3 is 4.67 Å². The van der Waals surface area contributed by atoms with Crippen LogP contribution < -0.4 is 15.3 Å². The van der Waals surface area contributed by atoms with Gasteiger partial charge in [-0.25, -0.2) is 0 Å². The van der Waals surface area contributed by atoms with Gasteiger partial charge in [0, 0.05) is 34.2 Å². The summed E-state index contributed by atoms with van der Waals surface area (Å²) in [4.78, 5) is 0. The van der Waals surface area contributed by atoms with Gasteiger partial charge in [-0.3, -0.25) is 0 Å². The molecule has 0 unspecified atom stereocenters. The van der Waals surface area contributed by atoms with Crippen molar-refractivity contribution in [2.75, 3.05) is 4.67 Å². The minimum atomic E-state index is -0.802. The van der Waals surface area contributed by atoms with E-state index in [2.05, 4.69) is 156 Å². The molecule has 182 valence electrons. The third kappa shape index (κ3) is 4.97. The van der Waals surface area contributed by atoms with Gasteiger partial charge in [-0.2, -0.15) is 0 Å². The molecule has 5 aromatic rings. The lowest BCUT2D eigenvalue weighted by molar-refractivity contribution is 0.568. The van der Waals surface area contributed by atoms with Crippen LogP contribution in [0.4, 0.5) is 5.69 Å². The lowest BCUT2D eigenvalue weighted by Gasteiger charge is -2.44. The highest BCUT2D eigenvalue weighted by atomic mass is 31.1. The first-order chi connectivity index (χ1) is 18.4. The number of hydrogen-bond acceptors (Lipinski definition) is 1. The van der Waals surface area contributed by atoms with E-state index in [0.29, 0.717) is 17.9 Å². The van der Waals surface area contributed by atoms with Crippen LogP contribution in [-0.4, -0.2) is 6.04 Å². The van der Waals surface area contributed by atoms with Crippen LogP contribution in [-0.2, 0) is 0 Å². The highest BCUT2D eigenvalue weighted by molar-refractivity contribution is 7.74. The summed E-state index contributed by atoms with van der Waals surface area (Å²) in [5, 5.41) is 2.77. The van der Waals surface area contributed by atoms with Crippen LogP contribution in [0.5, 0.6) is 0 Å². The van der Waals surface area contributed by atoms with E-state index < -0.39 is 8.07 Å². The first-order valence-corrected chi connectivity index (χ1v) is 14.5. The number of nitrogens with zero attached hydrogens (tertiary/aromatic N) is 1. The molecule has 0 radical (unpaired) electrons. The molecule has 0 heterocycles. The minimum absolute atomic E-state index is 0.332. The van der Waals surface area contributed by atoms with Gasteiger partial charge in [0.2, 0.25) is 0 Å². The third-order valence-electron chi connectivity index (χ3n) is 7.59. The van der Waals surface area contributed by atoms with Crippen LogP contribution in [0.2, 0.25) is 0 Å². The second-order valence-electron chi connectivity index (χ2n) is 9.77. The fourth-order valence-corrected chi connectivity index (χ4v) is 8.65. The van der Waals surface area contributed by atoms with E-state index >= 15 is 0 Å². The topological polar surface area (TPSA) is 3.24 Å². The molecule has 5 aromatic carbocycles. The van der Waals surface area contributed by atoms with E-state index in [0.717, 1.165) is 0 Å². The standard InChI is InChI=1S/C35H32NP/c1-6-16-28(17-7-1)33-26-27-34(29-18-8-2-9-19-29)35(33)36(30-20-10-3-11-21-30)37(31-22-12-4-13-23-31)32-24-14-5-15-25-32/h1-25,33-35H,26-27H2/t33-,34-/m1/s1. The molecule has 1 aliphatic rings. The van der Waals surface area contributed by atoms with Crippen LogP contribution in [0.3, 0.4) is 0 Å². The van der Waals surface area contributed by atoms with Crippen molar-refractivity contribution in [2.24, 2.45) is 0 Å². The molecule has 6 rings (SSSR count). The van der Waals surface area contributed by atoms with Crippen molar-refractivity contribution in [2.45, 2.75) is 30.7 Å². The molecule has 37 heavy (non-hydrogen) atoms. The van der Waals surface area contributed by atoms with Gasteiger partial charge in [-0.15, -0.1) is 0 Å². The predicted molar refractivity (Wildman–Crippen MR) is 159 cm³/mol. The molecule has 1 saturated carbocycles. The predicted octanol–water partition coefficient (Wildman–Crippen LogP) is 8.27. The summed E-state index contributed by atoms with van der Waals surface area (Å²) in [5.41, 5.74) is 4.20. The molecule has 2 atom stereocenters. The monoisotopic (exact) mass is 497 g/mol. The van der Waals surface area contributed by atoms with Crippen LogP contribution in [0, 0.1) is 0 Å². The van der Waals surface area contributed by atoms with Gasteiger partial charge in [0.25, 0.3) is 0 Å². The second-order valence-corrected chi connectivity index (χ2v) is 11.9. The summed E-state index contributed by atoms with van der Waals surface area (Å²) in [6, 6.07) is 56.2. The second kappa shape index (κ2) is 11.2. The SMILES string of the molecule is c1ccc([C@H]2CC[C@H](c3ccccc3)C2N(c2ccccc2)P(c2ccccc2)c2ccccc2)cc1. The van der Waals surface area contributed by atoms with Crippen molar-refractivity contribution < 1.29 is 0 Å². The van der Waals surface area contributed by atoms with Crippen molar-refractivity contribution in [3.05, 3.63) is 163 Å². The van der Waals surface area contributed by atoms with E-state index in [9.17, 15) is 0 Å². The average Bonchev–Trinajstić information content (AvgIpc) is 3.43. The largest absolute Gasteiger partial charge is 0.339 e. The van der Waals surface area contributed by atoms with E-state index in [1.165, 1.54) is 40.3 Å². The van der Waals surface area contributed by atoms with Gasteiger partial charge in [-0.05, 0) is 36.1 Å². The fraction of sp³-hybridized carbons (Fsp3) is 0.143. The molecule has 0 N–H and O–H groups in total. The van der Waals surface area contributed by atoms with Crippen molar-refractivity contribution in [3.63, 3.8) is 0 Å². The van der Waals surface area contributed by atoms with E-state index in [4.69, 9.17) is 0 Å². The number of rotatable bonds is 7. The first kappa shape index (κ1) is 23.7. The number of hydrogen-bond donors (Lipinski definition) is 0. The van der Waals surface area contributed by atoms with E-state index in [1.807, 2.05) is 0 Å². The maximum Gasteiger partial charge on any atom is 0.0553 e. The number of para-hydroxylation sites is 1. The Bertz CT molecular complexity index is 1290. The molecule has 1 aliphatic carbocycles. The van der Waals surface area contributed by atoms with E-state index in [-0.39, 0.29) is 0 Å². The maximum absolute atomic E-state index is 2.81. The highest BCUT2D eigenvalue weighted by Gasteiger charge is 2.44. The molecule has 0 aliphatic heterocycles. The summed E-state index contributed by atoms with van der Waals surface area (Å²) in [6.07, 6.45) is 2.37. The summed E-state index contributed by atoms with van der Waals surface area (Å²) < 4.78 is 2.81. The van der Waals surface area contributed by atoms with Crippen molar-refractivity contribution >= 4 is 24.4 Å². The summed E-state index contributed by atoms with van der Waals surface area (Å²) >= 11 is 0. The molecule has 0 amide bonds. The Morgan fingerprint density at radius 2 is 0.784 bits per heavy atom. The molecule has 1 nitrogen and oxygen atoms in total. The third-order valence-corrected chi connectivity index (χ3v) is 10.1. The Kier molecular flexibility index (Phi) is 7.15. The Balaban J connectivity index is 1.58. The average molecular weight is 498 g/mol. The Morgan fingerprint density at radius 3 is 1.19 bits per heavy atom. The quantitative estimate of drug-likeness (QED) is 0.205. The van der Waals surface area contributed by atoms with Crippen LogP contribution in [0.15, 0.2) is 152 Å². The summed E-state index contributed by atoms with van der Waals surface area (Å²) in [7, 11) is -0.802. The lowest BCUT2D eigenvalue weighted by Crippen LogP contribution is -2.41. The van der Waals surface area contributed by atoms with Crippen LogP contribution >= 0.6 is 8.07 Å². The molecule has 0 bridgehead atoms. The fourth-order valence-electron chi connectivity index (χ4n) is 5.99. The van der Waals surface area contributed by atoms with Crippen molar-refractivity contribution in [1.82, 2.24) is 0 Å².